The molecule has 5 nitrogen and oxygen atoms in total. The van der Waals surface area contributed by atoms with E-state index in [-0.39, 0.29) is 6.09 Å². The number of ether oxygens (including phenoxy) is 2. The van der Waals surface area contributed by atoms with E-state index in [4.69, 9.17) is 9.47 Å². The third-order valence-electron chi connectivity index (χ3n) is 3.23. The Balaban J connectivity index is 2.55. The highest BCUT2D eigenvalue weighted by Crippen LogP contribution is 2.29. The molecule has 19 heavy (non-hydrogen) atoms. The standard InChI is InChI=1S/C14H25NO4/c1-5-18-14(8-11-16)6-9-15(10-7-14)12(17)19-13(2,3)4/h11H,5-10H2,1-4H3. The number of hydrogen-bond donors (Lipinski definition) is 0. The first kappa shape index (κ1) is 16.0. The quantitative estimate of drug-likeness (QED) is 0.737. The number of likely N-dealkylation sites (tertiary alicyclic amines) is 1. The van der Waals surface area contributed by atoms with E-state index in [0.717, 1.165) is 6.29 Å². The van der Waals surface area contributed by atoms with Crippen molar-refractivity contribution in [2.45, 2.75) is 58.2 Å². The summed E-state index contributed by atoms with van der Waals surface area (Å²) in [5, 5.41) is 0. The summed E-state index contributed by atoms with van der Waals surface area (Å²) in [5.74, 6) is 0. The molecule has 110 valence electrons. The van der Waals surface area contributed by atoms with E-state index in [1.54, 1.807) is 4.90 Å². The van der Waals surface area contributed by atoms with Crippen molar-refractivity contribution in [3.63, 3.8) is 0 Å². The van der Waals surface area contributed by atoms with E-state index >= 15 is 0 Å². The number of hydrogen-bond acceptors (Lipinski definition) is 4. The molecule has 0 aromatic heterocycles. The molecular weight excluding hydrogens is 246 g/mol. The van der Waals surface area contributed by atoms with Gasteiger partial charge < -0.3 is 19.2 Å². The van der Waals surface area contributed by atoms with Crippen molar-refractivity contribution in [3.8, 4) is 0 Å². The van der Waals surface area contributed by atoms with Crippen LogP contribution in [0.25, 0.3) is 0 Å². The second kappa shape index (κ2) is 6.37. The summed E-state index contributed by atoms with van der Waals surface area (Å²) in [6.07, 6.45) is 2.36. The maximum atomic E-state index is 11.9. The molecule has 0 unspecified atom stereocenters. The highest BCUT2D eigenvalue weighted by Gasteiger charge is 2.37. The van der Waals surface area contributed by atoms with Gasteiger partial charge in [-0.25, -0.2) is 4.79 Å². The minimum atomic E-state index is -0.478. The number of nitrogens with zero attached hydrogens (tertiary/aromatic N) is 1. The van der Waals surface area contributed by atoms with Gasteiger partial charge in [-0.2, -0.15) is 0 Å². The predicted octanol–water partition coefficient (Wildman–Crippen LogP) is 2.38. The first-order valence-electron chi connectivity index (χ1n) is 6.87. The van der Waals surface area contributed by atoms with E-state index < -0.39 is 11.2 Å². The molecule has 0 bridgehead atoms. The Hall–Kier alpha value is -1.10. The van der Waals surface area contributed by atoms with Crippen LogP contribution >= 0.6 is 0 Å². The molecule has 1 rings (SSSR count). The van der Waals surface area contributed by atoms with E-state index in [9.17, 15) is 9.59 Å². The highest BCUT2D eigenvalue weighted by atomic mass is 16.6. The molecule has 0 spiro atoms. The number of rotatable bonds is 4. The van der Waals surface area contributed by atoms with Gasteiger partial charge in [0.05, 0.1) is 5.60 Å². The van der Waals surface area contributed by atoms with Gasteiger partial charge in [-0.1, -0.05) is 0 Å². The molecule has 0 saturated carbocycles. The van der Waals surface area contributed by atoms with Crippen molar-refractivity contribution in [2.24, 2.45) is 0 Å². The van der Waals surface area contributed by atoms with Crippen molar-refractivity contribution in [2.75, 3.05) is 19.7 Å². The Morgan fingerprint density at radius 3 is 2.32 bits per heavy atom. The van der Waals surface area contributed by atoms with Gasteiger partial charge in [0.2, 0.25) is 0 Å². The molecular formula is C14H25NO4. The van der Waals surface area contributed by atoms with Gasteiger partial charge in [-0.05, 0) is 40.5 Å². The first-order valence-corrected chi connectivity index (χ1v) is 6.87. The summed E-state index contributed by atoms with van der Waals surface area (Å²) in [5.41, 5.74) is -0.872. The minimum absolute atomic E-state index is 0.288. The van der Waals surface area contributed by atoms with Crippen LogP contribution in [0.2, 0.25) is 0 Å². The summed E-state index contributed by atoms with van der Waals surface area (Å²) in [7, 11) is 0. The Morgan fingerprint density at radius 1 is 1.32 bits per heavy atom. The van der Waals surface area contributed by atoms with Crippen LogP contribution in [0.15, 0.2) is 0 Å². The Kier molecular flexibility index (Phi) is 5.35. The molecule has 1 amide bonds. The summed E-state index contributed by atoms with van der Waals surface area (Å²) < 4.78 is 11.1. The predicted molar refractivity (Wildman–Crippen MR) is 72.1 cm³/mol. The van der Waals surface area contributed by atoms with Crippen LogP contribution in [0.1, 0.15) is 47.0 Å². The highest BCUT2D eigenvalue weighted by molar-refractivity contribution is 5.68. The van der Waals surface area contributed by atoms with Gasteiger partial charge in [0, 0.05) is 26.1 Å². The van der Waals surface area contributed by atoms with Crippen LogP contribution in [0.3, 0.4) is 0 Å². The number of aldehydes is 1. The average molecular weight is 271 g/mol. The van der Waals surface area contributed by atoms with Gasteiger partial charge in [0.1, 0.15) is 11.9 Å². The second-order valence-corrected chi connectivity index (χ2v) is 5.95. The van der Waals surface area contributed by atoms with Crippen LogP contribution < -0.4 is 0 Å². The number of amides is 1. The minimum Gasteiger partial charge on any atom is -0.444 e. The maximum Gasteiger partial charge on any atom is 0.410 e. The number of carbonyl (C=O) groups is 2. The smallest absolute Gasteiger partial charge is 0.410 e. The van der Waals surface area contributed by atoms with Gasteiger partial charge in [-0.15, -0.1) is 0 Å². The zero-order chi connectivity index (χ0) is 14.5. The Bertz CT molecular complexity index is 314. The molecule has 1 fully saturated rings. The maximum absolute atomic E-state index is 11.9. The third-order valence-corrected chi connectivity index (χ3v) is 3.23. The lowest BCUT2D eigenvalue weighted by Crippen LogP contribution is -2.49. The molecule has 0 atom stereocenters. The first-order chi connectivity index (χ1) is 8.82. The average Bonchev–Trinajstić information content (AvgIpc) is 2.28. The normalized spacial score (nSPS) is 19.1. The van der Waals surface area contributed by atoms with Crippen LogP contribution in [-0.2, 0) is 14.3 Å². The van der Waals surface area contributed by atoms with Crippen LogP contribution in [-0.4, -0.2) is 48.2 Å². The summed E-state index contributed by atoms with van der Waals surface area (Å²) >= 11 is 0. The van der Waals surface area contributed by atoms with Crippen molar-refractivity contribution >= 4 is 12.4 Å². The molecule has 1 heterocycles. The Labute approximate surface area is 115 Å². The van der Waals surface area contributed by atoms with E-state index in [1.165, 1.54) is 0 Å². The van der Waals surface area contributed by atoms with E-state index in [0.29, 0.717) is 39.0 Å². The molecule has 0 N–H and O–H groups in total. The molecule has 1 aliphatic heterocycles. The van der Waals surface area contributed by atoms with E-state index in [2.05, 4.69) is 0 Å². The lowest BCUT2D eigenvalue weighted by Gasteiger charge is -2.40. The fourth-order valence-corrected chi connectivity index (χ4v) is 2.29. The fraction of sp³-hybridized carbons (Fsp3) is 0.857. The van der Waals surface area contributed by atoms with Gasteiger partial charge in [-0.3, -0.25) is 0 Å². The van der Waals surface area contributed by atoms with Crippen molar-refractivity contribution in [1.29, 1.82) is 0 Å². The molecule has 1 saturated heterocycles. The molecule has 5 heteroatoms. The zero-order valence-electron chi connectivity index (χ0n) is 12.4. The SMILES string of the molecule is CCOC1(CC=O)CCN(C(=O)OC(C)(C)C)CC1. The Morgan fingerprint density at radius 2 is 1.89 bits per heavy atom. The zero-order valence-corrected chi connectivity index (χ0v) is 12.4. The van der Waals surface area contributed by atoms with Crippen molar-refractivity contribution in [1.82, 2.24) is 4.90 Å². The largest absolute Gasteiger partial charge is 0.444 e. The second-order valence-electron chi connectivity index (χ2n) is 5.95. The summed E-state index contributed by atoms with van der Waals surface area (Å²) in [4.78, 5) is 24.4. The van der Waals surface area contributed by atoms with Crippen LogP contribution in [0.5, 0.6) is 0 Å². The number of carbonyl (C=O) groups excluding carboxylic acids is 2. The monoisotopic (exact) mass is 271 g/mol. The molecule has 0 aromatic rings. The summed E-state index contributed by atoms with van der Waals surface area (Å²) in [6, 6.07) is 0. The van der Waals surface area contributed by atoms with Gasteiger partial charge >= 0.3 is 6.09 Å². The lowest BCUT2D eigenvalue weighted by atomic mass is 9.88. The van der Waals surface area contributed by atoms with Crippen molar-refractivity contribution < 1.29 is 19.1 Å². The van der Waals surface area contributed by atoms with Crippen molar-refractivity contribution in [3.05, 3.63) is 0 Å². The van der Waals surface area contributed by atoms with Gasteiger partial charge in [0.25, 0.3) is 0 Å². The summed E-state index contributed by atoms with van der Waals surface area (Å²) in [6.45, 7) is 9.21. The third kappa shape index (κ3) is 4.82. The molecule has 0 radical (unpaired) electrons. The molecule has 1 aliphatic rings. The molecule has 0 aromatic carbocycles. The van der Waals surface area contributed by atoms with Crippen LogP contribution in [0, 0.1) is 0 Å². The number of piperidine rings is 1. The molecule has 0 aliphatic carbocycles. The fourth-order valence-electron chi connectivity index (χ4n) is 2.29. The van der Waals surface area contributed by atoms with Gasteiger partial charge in [0.15, 0.2) is 0 Å². The lowest BCUT2D eigenvalue weighted by molar-refractivity contribution is -0.121. The van der Waals surface area contributed by atoms with Crippen LogP contribution in [0.4, 0.5) is 4.79 Å². The topological polar surface area (TPSA) is 55.8 Å². The van der Waals surface area contributed by atoms with E-state index in [1.807, 2.05) is 27.7 Å².